The van der Waals surface area contributed by atoms with Gasteiger partial charge in [0.25, 0.3) is 0 Å². The maximum Gasteiger partial charge on any atom is 0.244 e. The second-order valence-electron chi connectivity index (χ2n) is 5.68. The van der Waals surface area contributed by atoms with Crippen LogP contribution in [0.4, 0.5) is 0 Å². The van der Waals surface area contributed by atoms with Crippen LogP contribution in [0.5, 0.6) is 0 Å². The highest BCUT2D eigenvalue weighted by Crippen LogP contribution is 2.17. The zero-order valence-corrected chi connectivity index (χ0v) is 13.0. The van der Waals surface area contributed by atoms with Gasteiger partial charge >= 0.3 is 0 Å². The number of carbonyl (C=O) groups is 1. The summed E-state index contributed by atoms with van der Waals surface area (Å²) in [7, 11) is 0. The summed E-state index contributed by atoms with van der Waals surface area (Å²) in [5.41, 5.74) is 6.29. The first-order valence-electron chi connectivity index (χ1n) is 6.55. The maximum absolute atomic E-state index is 11.9. The van der Waals surface area contributed by atoms with Crippen molar-refractivity contribution in [2.24, 2.45) is 0 Å². The minimum Gasteiger partial charge on any atom is -0.357 e. The van der Waals surface area contributed by atoms with Crippen LogP contribution in [0.15, 0.2) is 28.8 Å². The summed E-state index contributed by atoms with van der Waals surface area (Å²) in [6.07, 6.45) is 0.113. The van der Waals surface area contributed by atoms with Gasteiger partial charge in [0.1, 0.15) is 5.69 Å². The third kappa shape index (κ3) is 4.42. The largest absolute Gasteiger partial charge is 0.357 e. The molecule has 0 radical (unpaired) electrons. The molecule has 0 aliphatic heterocycles. The second kappa shape index (κ2) is 6.09. The number of amides is 1. The van der Waals surface area contributed by atoms with Gasteiger partial charge < -0.3 is 9.84 Å². The highest BCUT2D eigenvalue weighted by atomic mass is 32.1. The van der Waals surface area contributed by atoms with Crippen LogP contribution in [0.25, 0.3) is 11.0 Å². The number of hydrogen-bond donors (Lipinski definition) is 3. The fourth-order valence-electron chi connectivity index (χ4n) is 1.76. The predicted octanol–water partition coefficient (Wildman–Crippen LogP) is 1.66. The SMILES string of the molecule is CC(C)(C)NC(=S)NNC(=O)Cc1noc2ccccc12. The molecular formula is C14H18N4O2S. The van der Waals surface area contributed by atoms with E-state index in [9.17, 15) is 4.79 Å². The normalized spacial score (nSPS) is 11.2. The minimum absolute atomic E-state index is 0.113. The Morgan fingerprint density at radius 2 is 2.00 bits per heavy atom. The summed E-state index contributed by atoms with van der Waals surface area (Å²) in [6.45, 7) is 5.93. The van der Waals surface area contributed by atoms with Gasteiger partial charge in [-0.05, 0) is 45.1 Å². The molecule has 2 aromatic rings. The zero-order chi connectivity index (χ0) is 15.5. The predicted molar refractivity (Wildman–Crippen MR) is 84.5 cm³/mol. The highest BCUT2D eigenvalue weighted by molar-refractivity contribution is 7.80. The fourth-order valence-corrected chi connectivity index (χ4v) is 2.12. The molecule has 0 unspecified atom stereocenters. The Morgan fingerprint density at radius 3 is 2.71 bits per heavy atom. The van der Waals surface area contributed by atoms with Crippen LogP contribution in [0.3, 0.4) is 0 Å². The molecule has 1 aromatic carbocycles. The molecule has 112 valence electrons. The van der Waals surface area contributed by atoms with E-state index in [1.165, 1.54) is 0 Å². The molecule has 0 saturated carbocycles. The number of para-hydroxylation sites is 1. The molecular weight excluding hydrogens is 288 g/mol. The van der Waals surface area contributed by atoms with Crippen LogP contribution < -0.4 is 16.2 Å². The summed E-state index contributed by atoms with van der Waals surface area (Å²) in [5, 5.41) is 8.14. The smallest absolute Gasteiger partial charge is 0.244 e. The van der Waals surface area contributed by atoms with Crippen molar-refractivity contribution in [1.29, 1.82) is 0 Å². The number of nitrogens with one attached hydrogen (secondary N) is 3. The van der Waals surface area contributed by atoms with Crippen LogP contribution in [0, 0.1) is 0 Å². The first kappa shape index (κ1) is 15.2. The van der Waals surface area contributed by atoms with E-state index in [0.29, 0.717) is 16.4 Å². The van der Waals surface area contributed by atoms with Gasteiger partial charge in [-0.2, -0.15) is 0 Å². The number of aromatic nitrogens is 1. The summed E-state index contributed by atoms with van der Waals surface area (Å²) in [4.78, 5) is 11.9. The van der Waals surface area contributed by atoms with Gasteiger partial charge in [0.15, 0.2) is 10.7 Å². The van der Waals surface area contributed by atoms with E-state index in [4.69, 9.17) is 16.7 Å². The highest BCUT2D eigenvalue weighted by Gasteiger charge is 2.14. The molecule has 1 aromatic heterocycles. The molecule has 0 fully saturated rings. The Kier molecular flexibility index (Phi) is 4.42. The average molecular weight is 306 g/mol. The quantitative estimate of drug-likeness (QED) is 0.578. The van der Waals surface area contributed by atoms with Gasteiger partial charge in [-0.1, -0.05) is 17.3 Å². The van der Waals surface area contributed by atoms with Crippen LogP contribution in [-0.2, 0) is 11.2 Å². The van der Waals surface area contributed by atoms with Crippen LogP contribution in [0.1, 0.15) is 26.5 Å². The molecule has 3 N–H and O–H groups in total. The summed E-state index contributed by atoms with van der Waals surface area (Å²) < 4.78 is 5.15. The standard InChI is InChI=1S/C14H18N4O2S/c1-14(2,3)15-13(21)17-16-12(19)8-10-9-6-4-5-7-11(9)20-18-10/h4-7H,8H2,1-3H3,(H,16,19)(H2,15,17,21). The summed E-state index contributed by atoms with van der Waals surface area (Å²) in [6, 6.07) is 7.41. The number of hydrazine groups is 1. The molecule has 6 nitrogen and oxygen atoms in total. The molecule has 7 heteroatoms. The Hall–Kier alpha value is -2.15. The van der Waals surface area contributed by atoms with Crippen molar-refractivity contribution in [1.82, 2.24) is 21.3 Å². The molecule has 0 aliphatic carbocycles. The number of rotatable bonds is 2. The molecule has 21 heavy (non-hydrogen) atoms. The molecule has 1 heterocycles. The number of nitrogens with zero attached hydrogens (tertiary/aromatic N) is 1. The Morgan fingerprint density at radius 1 is 1.29 bits per heavy atom. The monoisotopic (exact) mass is 306 g/mol. The first-order valence-corrected chi connectivity index (χ1v) is 6.96. The number of carbonyl (C=O) groups excluding carboxylic acids is 1. The van der Waals surface area contributed by atoms with Crippen molar-refractivity contribution in [2.75, 3.05) is 0 Å². The van der Waals surface area contributed by atoms with Crippen molar-refractivity contribution in [3.8, 4) is 0 Å². The molecule has 0 spiro atoms. The van der Waals surface area contributed by atoms with Gasteiger partial charge in [0, 0.05) is 10.9 Å². The Balaban J connectivity index is 1.89. The molecule has 0 bridgehead atoms. The van der Waals surface area contributed by atoms with Crippen molar-refractivity contribution >= 4 is 34.2 Å². The zero-order valence-electron chi connectivity index (χ0n) is 12.2. The lowest BCUT2D eigenvalue weighted by Crippen LogP contribution is -2.52. The van der Waals surface area contributed by atoms with Gasteiger partial charge in [0.05, 0.1) is 6.42 Å². The second-order valence-corrected chi connectivity index (χ2v) is 6.09. The Labute approximate surface area is 128 Å². The van der Waals surface area contributed by atoms with Gasteiger partial charge in [0.2, 0.25) is 5.91 Å². The topological polar surface area (TPSA) is 79.2 Å². The summed E-state index contributed by atoms with van der Waals surface area (Å²) in [5.74, 6) is -0.243. The van der Waals surface area contributed by atoms with Crippen LogP contribution in [-0.4, -0.2) is 21.7 Å². The summed E-state index contributed by atoms with van der Waals surface area (Å²) >= 11 is 5.07. The average Bonchev–Trinajstić information content (AvgIpc) is 2.78. The van der Waals surface area contributed by atoms with Crippen LogP contribution in [0.2, 0.25) is 0 Å². The maximum atomic E-state index is 11.9. The van der Waals surface area contributed by atoms with Crippen molar-refractivity contribution in [2.45, 2.75) is 32.7 Å². The lowest BCUT2D eigenvalue weighted by Gasteiger charge is -2.23. The third-order valence-corrected chi connectivity index (χ3v) is 2.79. The lowest BCUT2D eigenvalue weighted by molar-refractivity contribution is -0.121. The first-order chi connectivity index (χ1) is 9.85. The Bertz CT molecular complexity index is 660. The molecule has 0 atom stereocenters. The number of hydrogen-bond acceptors (Lipinski definition) is 4. The van der Waals surface area contributed by atoms with Gasteiger partial charge in [-0.25, -0.2) is 0 Å². The number of benzene rings is 1. The molecule has 0 saturated heterocycles. The van der Waals surface area contributed by atoms with E-state index in [1.54, 1.807) is 0 Å². The fraction of sp³-hybridized carbons (Fsp3) is 0.357. The van der Waals surface area contributed by atoms with E-state index in [1.807, 2.05) is 45.0 Å². The minimum atomic E-state index is -0.243. The molecule has 0 aliphatic rings. The third-order valence-electron chi connectivity index (χ3n) is 2.58. The van der Waals surface area contributed by atoms with E-state index in [0.717, 1.165) is 5.39 Å². The van der Waals surface area contributed by atoms with E-state index in [2.05, 4.69) is 21.3 Å². The van der Waals surface area contributed by atoms with Crippen LogP contribution >= 0.6 is 12.2 Å². The number of fused-ring (bicyclic) bond motifs is 1. The van der Waals surface area contributed by atoms with Crippen molar-refractivity contribution in [3.63, 3.8) is 0 Å². The molecule has 2 rings (SSSR count). The van der Waals surface area contributed by atoms with E-state index < -0.39 is 0 Å². The van der Waals surface area contributed by atoms with Gasteiger partial charge in [-0.3, -0.25) is 15.6 Å². The molecule has 1 amide bonds. The van der Waals surface area contributed by atoms with E-state index >= 15 is 0 Å². The number of thiocarbonyl (C=S) groups is 1. The van der Waals surface area contributed by atoms with Crippen molar-refractivity contribution in [3.05, 3.63) is 30.0 Å². The van der Waals surface area contributed by atoms with Crippen molar-refractivity contribution < 1.29 is 9.32 Å². The van der Waals surface area contributed by atoms with Gasteiger partial charge in [-0.15, -0.1) is 0 Å². The lowest BCUT2D eigenvalue weighted by atomic mass is 10.1. The van der Waals surface area contributed by atoms with E-state index in [-0.39, 0.29) is 17.9 Å².